The van der Waals surface area contributed by atoms with Crippen molar-refractivity contribution in [3.05, 3.63) is 86.7 Å². The van der Waals surface area contributed by atoms with Crippen molar-refractivity contribution in [2.75, 3.05) is 31.1 Å². The minimum Gasteiger partial charge on any atom is -0.368 e. The number of carbonyl (C=O) groups excluding carboxylic acids is 1. The minimum atomic E-state index is -0.339. The lowest BCUT2D eigenvalue weighted by molar-refractivity contribution is 0.0968. The van der Waals surface area contributed by atoms with Gasteiger partial charge in [0.05, 0.1) is 28.2 Å². The molecule has 8 heteroatoms. The number of benzene rings is 2. The molecule has 34 heavy (non-hydrogen) atoms. The zero-order valence-corrected chi connectivity index (χ0v) is 19.0. The number of aromatic nitrogens is 2. The molecule has 2 aromatic heterocycles. The molecule has 1 fully saturated rings. The van der Waals surface area contributed by atoms with E-state index >= 15 is 0 Å². The number of piperazine rings is 1. The molecule has 1 saturated heterocycles. The van der Waals surface area contributed by atoms with Crippen molar-refractivity contribution in [1.29, 1.82) is 5.26 Å². The number of hydrogen-bond acceptors (Lipinski definition) is 5. The molecule has 0 bridgehead atoms. The second-order valence-corrected chi connectivity index (χ2v) is 9.01. The van der Waals surface area contributed by atoms with Crippen LogP contribution in [0.2, 0.25) is 5.02 Å². The molecule has 1 N–H and O–H groups in total. The Morgan fingerprint density at radius 2 is 1.82 bits per heavy atom. The summed E-state index contributed by atoms with van der Waals surface area (Å²) in [6, 6.07) is 17.0. The van der Waals surface area contributed by atoms with Crippen molar-refractivity contribution >= 4 is 34.1 Å². The molecule has 0 amide bonds. The van der Waals surface area contributed by atoms with Gasteiger partial charge >= 0.3 is 0 Å². The van der Waals surface area contributed by atoms with E-state index in [0.717, 1.165) is 37.4 Å². The van der Waals surface area contributed by atoms with Crippen LogP contribution in [-0.2, 0) is 6.54 Å². The van der Waals surface area contributed by atoms with Crippen LogP contribution in [-0.4, -0.2) is 41.2 Å². The molecule has 0 aliphatic carbocycles. The summed E-state index contributed by atoms with van der Waals surface area (Å²) in [6.45, 7) is 3.64. The van der Waals surface area contributed by atoms with E-state index in [2.05, 4.69) is 16.3 Å². The standard InChI is InChI=1S/C26H20ClN5O2/c27-18-5-3-16(4-6-18)15-32-22-13-21(30-10-7-29-8-11-30)17(14-28)12-19(22)25(33)23-24(32)20-2-1-9-31(20)26(23)34/h1-6,9,12-13,29H,7-8,10-11,15H2. The van der Waals surface area contributed by atoms with E-state index in [-0.39, 0.29) is 16.9 Å². The molecular weight excluding hydrogens is 450 g/mol. The molecule has 0 radical (unpaired) electrons. The normalized spacial score (nSPS) is 14.8. The Bertz CT molecular complexity index is 1570. The predicted molar refractivity (Wildman–Crippen MR) is 132 cm³/mol. The number of nitriles is 1. The third-order valence-corrected chi connectivity index (χ3v) is 6.89. The molecule has 4 heterocycles. The smallest absolute Gasteiger partial charge is 0.268 e. The number of nitrogens with zero attached hydrogens (tertiary/aromatic N) is 4. The number of pyridine rings is 1. The van der Waals surface area contributed by atoms with Crippen molar-refractivity contribution in [3.8, 4) is 17.5 Å². The first-order valence-corrected chi connectivity index (χ1v) is 11.5. The van der Waals surface area contributed by atoms with E-state index in [4.69, 9.17) is 11.6 Å². The third-order valence-electron chi connectivity index (χ3n) is 6.64. The van der Waals surface area contributed by atoms with Crippen molar-refractivity contribution in [1.82, 2.24) is 14.5 Å². The van der Waals surface area contributed by atoms with Gasteiger partial charge in [0.25, 0.3) is 5.91 Å². The van der Waals surface area contributed by atoms with Gasteiger partial charge in [0.2, 0.25) is 5.43 Å². The lowest BCUT2D eigenvalue weighted by Crippen LogP contribution is -2.43. The Labute approximate surface area is 200 Å². The maximum absolute atomic E-state index is 13.6. The number of carbonyl (C=O) groups is 1. The van der Waals surface area contributed by atoms with Crippen LogP contribution in [0.1, 0.15) is 21.5 Å². The average molecular weight is 470 g/mol. The van der Waals surface area contributed by atoms with E-state index in [9.17, 15) is 14.9 Å². The monoisotopic (exact) mass is 469 g/mol. The lowest BCUT2D eigenvalue weighted by atomic mass is 10.0. The van der Waals surface area contributed by atoms with Gasteiger partial charge in [-0.15, -0.1) is 0 Å². The summed E-state index contributed by atoms with van der Waals surface area (Å²) < 4.78 is 3.55. The van der Waals surface area contributed by atoms with Crippen LogP contribution in [0, 0.1) is 11.3 Å². The molecule has 4 aromatic rings. The van der Waals surface area contributed by atoms with Gasteiger partial charge in [0, 0.05) is 49.3 Å². The van der Waals surface area contributed by atoms with Crippen molar-refractivity contribution in [2.45, 2.75) is 6.54 Å². The Hall–Kier alpha value is -3.86. The van der Waals surface area contributed by atoms with E-state index in [1.807, 2.05) is 47.0 Å². The summed E-state index contributed by atoms with van der Waals surface area (Å²) in [5.41, 5.74) is 4.05. The number of hydrogen-bond donors (Lipinski definition) is 1. The van der Waals surface area contributed by atoms with Crippen LogP contribution in [0.5, 0.6) is 0 Å². The summed E-state index contributed by atoms with van der Waals surface area (Å²) in [6.07, 6.45) is 1.68. The molecule has 0 saturated carbocycles. The first kappa shape index (κ1) is 20.7. The average Bonchev–Trinajstić information content (AvgIpc) is 3.45. The van der Waals surface area contributed by atoms with Crippen LogP contribution >= 0.6 is 11.6 Å². The van der Waals surface area contributed by atoms with Gasteiger partial charge in [-0.3, -0.25) is 14.2 Å². The predicted octanol–water partition coefficient (Wildman–Crippen LogP) is 3.45. The van der Waals surface area contributed by atoms with Crippen molar-refractivity contribution < 1.29 is 4.79 Å². The fourth-order valence-corrected chi connectivity index (χ4v) is 5.14. The number of rotatable bonds is 3. The molecule has 168 valence electrons. The quantitative estimate of drug-likeness (QED) is 0.437. The van der Waals surface area contributed by atoms with Gasteiger partial charge in [-0.2, -0.15) is 5.26 Å². The third kappa shape index (κ3) is 3.07. The van der Waals surface area contributed by atoms with E-state index in [0.29, 0.717) is 39.4 Å². The summed E-state index contributed by atoms with van der Waals surface area (Å²) >= 11 is 6.10. The Morgan fingerprint density at radius 1 is 1.06 bits per heavy atom. The van der Waals surface area contributed by atoms with E-state index < -0.39 is 0 Å². The van der Waals surface area contributed by atoms with E-state index in [1.54, 1.807) is 12.3 Å². The van der Waals surface area contributed by atoms with Gasteiger partial charge in [0.15, 0.2) is 0 Å². The Kier molecular flexibility index (Phi) is 4.80. The second kappa shape index (κ2) is 7.87. The fourth-order valence-electron chi connectivity index (χ4n) is 5.01. The Morgan fingerprint density at radius 3 is 2.56 bits per heavy atom. The SMILES string of the molecule is N#Cc1cc2c(=O)c3c(n(Cc4ccc(Cl)cc4)c2cc1N1CCNCC1)-c1cccn1C3=O. The summed E-state index contributed by atoms with van der Waals surface area (Å²) in [7, 11) is 0. The summed E-state index contributed by atoms with van der Waals surface area (Å²) in [4.78, 5) is 29.0. The van der Waals surface area contributed by atoms with Crippen LogP contribution in [0.3, 0.4) is 0 Å². The van der Waals surface area contributed by atoms with Gasteiger partial charge in [0.1, 0.15) is 11.6 Å². The van der Waals surface area contributed by atoms with Crippen molar-refractivity contribution in [2.24, 2.45) is 0 Å². The van der Waals surface area contributed by atoms with Crippen LogP contribution < -0.4 is 15.6 Å². The molecule has 2 aliphatic rings. The highest BCUT2D eigenvalue weighted by Gasteiger charge is 2.33. The number of nitrogens with one attached hydrogen (secondary N) is 1. The lowest BCUT2D eigenvalue weighted by Gasteiger charge is -2.30. The van der Waals surface area contributed by atoms with Crippen molar-refractivity contribution in [3.63, 3.8) is 0 Å². The van der Waals surface area contributed by atoms with Gasteiger partial charge < -0.3 is 14.8 Å². The van der Waals surface area contributed by atoms with Gasteiger partial charge in [-0.25, -0.2) is 0 Å². The highest BCUT2D eigenvalue weighted by molar-refractivity contribution is 6.30. The molecule has 0 atom stereocenters. The van der Waals surface area contributed by atoms with Crippen LogP contribution in [0.4, 0.5) is 5.69 Å². The van der Waals surface area contributed by atoms with Crippen LogP contribution in [0.15, 0.2) is 59.5 Å². The topological polar surface area (TPSA) is 83.1 Å². The molecule has 7 nitrogen and oxygen atoms in total. The highest BCUT2D eigenvalue weighted by Crippen LogP contribution is 2.36. The molecule has 2 aromatic carbocycles. The molecular formula is C26H20ClN5O2. The summed E-state index contributed by atoms with van der Waals surface area (Å²) in [5, 5.41) is 14.3. The van der Waals surface area contributed by atoms with E-state index in [1.165, 1.54) is 4.57 Å². The highest BCUT2D eigenvalue weighted by atomic mass is 35.5. The van der Waals surface area contributed by atoms with Gasteiger partial charge in [-0.05, 0) is 42.0 Å². The molecule has 2 aliphatic heterocycles. The molecule has 6 rings (SSSR count). The number of anilines is 1. The Balaban J connectivity index is 1.68. The second-order valence-electron chi connectivity index (χ2n) is 8.57. The van der Waals surface area contributed by atoms with Crippen LogP contribution in [0.25, 0.3) is 22.3 Å². The zero-order chi connectivity index (χ0) is 23.4. The molecule has 0 unspecified atom stereocenters. The largest absolute Gasteiger partial charge is 0.368 e. The maximum atomic E-state index is 13.6. The first-order valence-electron chi connectivity index (χ1n) is 11.1. The molecule has 0 spiro atoms. The van der Waals surface area contributed by atoms with Gasteiger partial charge in [-0.1, -0.05) is 23.7 Å². The zero-order valence-electron chi connectivity index (χ0n) is 18.2. The number of fused-ring (bicyclic) bond motifs is 4. The number of halogens is 1. The maximum Gasteiger partial charge on any atom is 0.268 e. The first-order chi connectivity index (χ1) is 16.6. The minimum absolute atomic E-state index is 0.149. The summed E-state index contributed by atoms with van der Waals surface area (Å²) in [5.74, 6) is -0.337. The fraction of sp³-hybridized carbons (Fsp3) is 0.192.